The van der Waals surface area contributed by atoms with Crippen molar-refractivity contribution in [3.05, 3.63) is 33.3 Å². The minimum atomic E-state index is -5.50. The highest BCUT2D eigenvalue weighted by molar-refractivity contribution is 7.71. The molecule has 0 saturated carbocycles. The Morgan fingerprint density at radius 1 is 0.529 bits per heavy atom. The van der Waals surface area contributed by atoms with Crippen molar-refractivity contribution in [1.82, 2.24) is 58.6 Å². The summed E-state index contributed by atoms with van der Waals surface area (Å²) in [6.07, 6.45) is -18.1. The second kappa shape index (κ2) is 19.0. The van der Waals surface area contributed by atoms with Crippen molar-refractivity contribution >= 4 is 111 Å². The first-order chi connectivity index (χ1) is 32.9. The third kappa shape index (κ3) is 9.60. The van der Waals surface area contributed by atoms with E-state index in [0.29, 0.717) is 0 Å². The molecule has 0 bridgehead atoms. The molecular formula is C30H38N15O19P3S3. The van der Waals surface area contributed by atoms with Gasteiger partial charge in [-0.1, -0.05) is 0 Å². The molecule has 6 aromatic rings. The van der Waals surface area contributed by atoms with E-state index in [-0.39, 0.29) is 65.3 Å². The van der Waals surface area contributed by atoms with Crippen molar-refractivity contribution in [2.24, 2.45) is 0 Å². The third-order valence-corrected chi connectivity index (χ3v) is 14.4. The number of rotatable bonds is 16. The summed E-state index contributed by atoms with van der Waals surface area (Å²) in [6.45, 7) is -2.98. The van der Waals surface area contributed by atoms with Gasteiger partial charge in [0.05, 0.1) is 19.8 Å². The number of H-pyrrole nitrogens is 3. The molecule has 9 heterocycles. The van der Waals surface area contributed by atoms with E-state index in [1.54, 1.807) is 0 Å². The Kier molecular flexibility index (Phi) is 13.7. The van der Waals surface area contributed by atoms with Crippen molar-refractivity contribution in [2.45, 2.75) is 73.6 Å². The summed E-state index contributed by atoms with van der Waals surface area (Å²) in [4.78, 5) is 73.0. The molecular weight excluding hydrogens is 1060 g/mol. The molecule has 34 nitrogen and oxygen atoms in total. The summed E-state index contributed by atoms with van der Waals surface area (Å²) in [6, 6.07) is 0. The van der Waals surface area contributed by atoms with Crippen LogP contribution in [0.3, 0.4) is 0 Å². The van der Waals surface area contributed by atoms with E-state index in [2.05, 4.69) is 49.4 Å². The third-order valence-electron chi connectivity index (χ3n) is 11.1. The first kappa shape index (κ1) is 50.7. The van der Waals surface area contributed by atoms with Crippen molar-refractivity contribution in [1.29, 1.82) is 0 Å². The number of nitrogens with zero attached hydrogens (tertiary/aromatic N) is 9. The van der Waals surface area contributed by atoms with Crippen LogP contribution >= 0.6 is 60.1 Å². The maximum atomic E-state index is 13.8. The molecule has 0 radical (unpaired) electrons. The second-order valence-electron chi connectivity index (χ2n) is 15.4. The van der Waals surface area contributed by atoms with Crippen LogP contribution in [-0.4, -0.2) is 173 Å². The highest BCUT2D eigenvalue weighted by atomic mass is 32.1. The largest absolute Gasteiger partial charge is 0.472 e. The van der Waals surface area contributed by atoms with Crippen molar-refractivity contribution in [3.8, 4) is 0 Å². The number of fused-ring (bicyclic) bond motifs is 3. The van der Waals surface area contributed by atoms with Crippen molar-refractivity contribution in [3.63, 3.8) is 0 Å². The van der Waals surface area contributed by atoms with Gasteiger partial charge < -0.3 is 86.4 Å². The zero-order valence-corrected chi connectivity index (χ0v) is 39.8. The number of ether oxygens (including phenoxy) is 3. The van der Waals surface area contributed by atoms with Gasteiger partial charge in [0.15, 0.2) is 67.4 Å². The molecule has 0 spiro atoms. The summed E-state index contributed by atoms with van der Waals surface area (Å²) in [5, 5.41) is 44.8. The Hall–Kier alpha value is -4.24. The quantitative estimate of drug-likeness (QED) is 0.0387. The fourth-order valence-electron chi connectivity index (χ4n) is 7.88. The van der Waals surface area contributed by atoms with Gasteiger partial charge >= 0.3 is 23.5 Å². The topological polar surface area (TPSA) is 504 Å². The van der Waals surface area contributed by atoms with E-state index in [1.165, 1.54) is 4.57 Å². The van der Waals surface area contributed by atoms with Gasteiger partial charge in [-0.3, -0.25) is 36.3 Å². The van der Waals surface area contributed by atoms with E-state index in [9.17, 15) is 53.7 Å². The predicted molar refractivity (Wildman–Crippen MR) is 236 cm³/mol. The molecule has 3 saturated heterocycles. The van der Waals surface area contributed by atoms with Crippen molar-refractivity contribution < 1.29 is 90.5 Å². The number of phosphoric acid groups is 3. The van der Waals surface area contributed by atoms with Gasteiger partial charge in [-0.2, -0.15) is 0 Å². The van der Waals surface area contributed by atoms with Crippen LogP contribution in [0.5, 0.6) is 0 Å². The zero-order valence-electron chi connectivity index (χ0n) is 34.7. The highest BCUT2D eigenvalue weighted by Gasteiger charge is 2.54. The number of aromatic amines is 3. The summed E-state index contributed by atoms with van der Waals surface area (Å²) in [5.41, 5.74) is 18.2. The number of imidazole rings is 3. The maximum Gasteiger partial charge on any atom is 0.472 e. The molecule has 0 amide bonds. The monoisotopic (exact) mass is 1100 g/mol. The van der Waals surface area contributed by atoms with E-state index in [4.69, 9.17) is 86.2 Å². The van der Waals surface area contributed by atoms with Crippen LogP contribution < -0.4 is 17.2 Å². The summed E-state index contributed by atoms with van der Waals surface area (Å²) in [7, 11) is -16.1. The number of nitrogen functional groups attached to an aromatic ring is 3. The lowest BCUT2D eigenvalue weighted by atomic mass is 10.1. The second-order valence-corrected chi connectivity index (χ2v) is 20.6. The fourth-order valence-corrected chi connectivity index (χ4v) is 11.0. The Labute approximate surface area is 402 Å². The number of anilines is 3. The molecule has 3 aliphatic heterocycles. The number of aromatic nitrogens is 12. The van der Waals surface area contributed by atoms with Crippen LogP contribution in [0.4, 0.5) is 17.5 Å². The fraction of sp³-hybridized carbons (Fsp3) is 0.500. The summed E-state index contributed by atoms with van der Waals surface area (Å²) in [5.74, 6) is -0.168. The number of nitrogens with two attached hydrogens (primary N) is 3. The highest BCUT2D eigenvalue weighted by Crippen LogP contribution is 2.53. The average Bonchev–Trinajstić information content (AvgIpc) is 4.11. The molecule has 0 aliphatic carbocycles. The van der Waals surface area contributed by atoms with Gasteiger partial charge in [-0.05, 0) is 36.7 Å². The van der Waals surface area contributed by atoms with Crippen LogP contribution in [0.25, 0.3) is 33.5 Å². The Balaban J connectivity index is 0.944. The minimum Gasteiger partial charge on any atom is -0.387 e. The van der Waals surface area contributed by atoms with Crippen LogP contribution in [0, 0.1) is 14.3 Å². The zero-order chi connectivity index (χ0) is 50.4. The molecule has 14 atom stereocenters. The van der Waals surface area contributed by atoms with Gasteiger partial charge in [0.25, 0.3) is 0 Å². The number of hydrogen-bond donors (Lipinski definition) is 14. The van der Waals surface area contributed by atoms with Crippen LogP contribution in [0.15, 0.2) is 19.0 Å². The lowest BCUT2D eigenvalue weighted by Gasteiger charge is -2.25. The minimum absolute atomic E-state index is 0.0162. The molecule has 3 aliphatic rings. The number of hydrogen-bond acceptors (Lipinski definition) is 27. The Bertz CT molecular complexity index is 3310. The molecule has 17 N–H and O–H groups in total. The molecule has 0 aromatic carbocycles. The van der Waals surface area contributed by atoms with Crippen LogP contribution in [0.1, 0.15) is 18.7 Å². The summed E-state index contributed by atoms with van der Waals surface area (Å²) >= 11 is 16.2. The predicted octanol–water partition coefficient (Wildman–Crippen LogP) is -1.51. The molecule has 3 fully saturated rings. The van der Waals surface area contributed by atoms with E-state index < -0.39 is 117 Å². The molecule has 70 heavy (non-hydrogen) atoms. The molecule has 40 heteroatoms. The average molecular weight is 1100 g/mol. The number of aliphatic hydroxyl groups excluding tert-OH is 4. The molecule has 2 unspecified atom stereocenters. The smallest absolute Gasteiger partial charge is 0.387 e. The lowest BCUT2D eigenvalue weighted by Crippen LogP contribution is -2.37. The number of phosphoric ester groups is 3. The van der Waals surface area contributed by atoms with Gasteiger partial charge in [0.1, 0.15) is 90.5 Å². The maximum absolute atomic E-state index is 13.8. The van der Waals surface area contributed by atoms with Crippen molar-refractivity contribution in [2.75, 3.05) is 37.0 Å². The number of aliphatic hydroxyl groups is 4. The van der Waals surface area contributed by atoms with E-state index in [0.717, 1.165) is 28.1 Å². The van der Waals surface area contributed by atoms with Gasteiger partial charge in [-0.15, -0.1) is 0 Å². The SMILES string of the molecule is Nc1ncnc2c1[nH]c(=S)n2[C@@H]1O[C@H](COP(=O)(O)O[C@@H]2[C@H](O)[C@@H](COP(=O)(O)O[C@@H]3[C@H](O)[C@@H](COP(=O)(O)O)O[C@H]3n3c(=S)[nH]c4c(N)ncnc43)O[C@H]2n2c(=S)[nH]c3c(N)ncnc32)[C@@H](O)[C@H]1O. The van der Waals surface area contributed by atoms with E-state index in [1.807, 2.05) is 0 Å². The Morgan fingerprint density at radius 3 is 1.23 bits per heavy atom. The lowest BCUT2D eigenvalue weighted by molar-refractivity contribution is -0.0649. The number of nitrogens with one attached hydrogen (secondary N) is 3. The van der Waals surface area contributed by atoms with Crippen LogP contribution in [-0.2, 0) is 50.5 Å². The van der Waals surface area contributed by atoms with Gasteiger partial charge in [0, 0.05) is 0 Å². The molecule has 9 rings (SSSR count). The molecule has 6 aromatic heterocycles. The summed E-state index contributed by atoms with van der Waals surface area (Å²) < 4.78 is 85.4. The first-order valence-electron chi connectivity index (χ1n) is 19.8. The first-order valence-corrected chi connectivity index (χ1v) is 25.5. The standard InChI is InChI=1S/C30H38N15O19P3S3/c31-19-10-22(37-4-34-19)43(28(68)40-10)25-16(49)13(46)7(60-25)2-58-66(53,54)64-18-15(48)9(62-27(18)45-24-12(42-30(45)70)21(33)36-6-39-24)3-59-67(55,56)63-17-14(47)8(1-57-65(50,51)52)61-26(17)44-23-11(41-29(44)69)20(32)35-5-38-23/h4-9,13-18,25-27,46-49H,1-3H2,(H,40,68)(H,41,69)(H,42,70)(H,53,54)(H,55,56)(H2,31,34,37)(H2,32,35,38)(H2,33,36,39)(H2,50,51,52)/t7-,8-,9-,13-,14-,15-,16-,17-,18-,25-,26-,27-/m1/s1. The molecule has 380 valence electrons. The van der Waals surface area contributed by atoms with Gasteiger partial charge in [0.2, 0.25) is 0 Å². The van der Waals surface area contributed by atoms with E-state index >= 15 is 0 Å². The van der Waals surface area contributed by atoms with Gasteiger partial charge in [-0.25, -0.2) is 43.6 Å². The van der Waals surface area contributed by atoms with Crippen LogP contribution in [0.2, 0.25) is 0 Å². The Morgan fingerprint density at radius 2 is 0.857 bits per heavy atom. The normalized spacial score (nSPS) is 30.2.